The third-order valence-corrected chi connectivity index (χ3v) is 3.43. The molecule has 21 heavy (non-hydrogen) atoms. The Kier molecular flexibility index (Phi) is 5.31. The maximum absolute atomic E-state index is 10.7. The second-order valence-electron chi connectivity index (χ2n) is 4.08. The molecule has 6 heteroatoms. The average Bonchev–Trinajstić information content (AvgIpc) is 2.48. The van der Waals surface area contributed by atoms with Gasteiger partial charge in [-0.05, 0) is 36.4 Å². The third-order valence-electron chi connectivity index (χ3n) is 2.63. The molecular weight excluding hydrogens is 315 g/mol. The quantitative estimate of drug-likeness (QED) is 0.810. The Morgan fingerprint density at radius 2 is 1.67 bits per heavy atom. The summed E-state index contributed by atoms with van der Waals surface area (Å²) >= 11 is 11.9. The predicted octanol–water partition coefficient (Wildman–Crippen LogP) is 4.15. The molecule has 0 aliphatic carbocycles. The van der Waals surface area contributed by atoms with Crippen LogP contribution in [0.5, 0.6) is 11.5 Å². The van der Waals surface area contributed by atoms with E-state index in [1.54, 1.807) is 30.3 Å². The van der Waals surface area contributed by atoms with Crippen LogP contribution in [0.1, 0.15) is 10.4 Å². The topological polar surface area (TPSA) is 55.8 Å². The maximum atomic E-state index is 10.7. The van der Waals surface area contributed by atoms with E-state index in [0.717, 1.165) is 0 Å². The molecule has 2 aromatic rings. The number of aromatic carboxylic acids is 1. The molecule has 0 aliphatic heterocycles. The van der Waals surface area contributed by atoms with Crippen molar-refractivity contribution in [3.8, 4) is 11.5 Å². The van der Waals surface area contributed by atoms with Gasteiger partial charge in [0.1, 0.15) is 29.7 Å². The molecule has 0 aliphatic rings. The fraction of sp³-hybridized carbons (Fsp3) is 0.133. The minimum Gasteiger partial charge on any atom is -0.490 e. The smallest absolute Gasteiger partial charge is 0.335 e. The van der Waals surface area contributed by atoms with Gasteiger partial charge in [0.15, 0.2) is 0 Å². The van der Waals surface area contributed by atoms with Gasteiger partial charge in [-0.25, -0.2) is 4.79 Å². The molecule has 2 rings (SSSR count). The van der Waals surface area contributed by atoms with E-state index in [1.165, 1.54) is 12.1 Å². The fourth-order valence-electron chi connectivity index (χ4n) is 1.60. The van der Waals surface area contributed by atoms with Crippen LogP contribution < -0.4 is 9.47 Å². The van der Waals surface area contributed by atoms with Gasteiger partial charge in [-0.1, -0.05) is 29.3 Å². The molecule has 0 amide bonds. The molecule has 0 radical (unpaired) electrons. The average molecular weight is 327 g/mol. The Balaban J connectivity index is 1.82. The van der Waals surface area contributed by atoms with Gasteiger partial charge in [-0.3, -0.25) is 0 Å². The number of ether oxygens (including phenoxy) is 2. The molecule has 0 heterocycles. The van der Waals surface area contributed by atoms with Gasteiger partial charge in [-0.2, -0.15) is 0 Å². The first kappa shape index (κ1) is 15.5. The maximum Gasteiger partial charge on any atom is 0.335 e. The minimum absolute atomic E-state index is 0.212. The van der Waals surface area contributed by atoms with Gasteiger partial charge in [0, 0.05) is 0 Å². The highest BCUT2D eigenvalue weighted by molar-refractivity contribution is 6.42. The molecule has 0 aromatic heterocycles. The molecule has 4 nitrogen and oxygen atoms in total. The molecule has 0 spiro atoms. The lowest BCUT2D eigenvalue weighted by atomic mass is 10.2. The molecule has 0 fully saturated rings. The molecular formula is C15H12Cl2O4. The van der Waals surface area contributed by atoms with E-state index in [2.05, 4.69) is 0 Å². The second kappa shape index (κ2) is 7.20. The van der Waals surface area contributed by atoms with Crippen LogP contribution in [0.15, 0.2) is 42.5 Å². The summed E-state index contributed by atoms with van der Waals surface area (Å²) in [7, 11) is 0. The van der Waals surface area contributed by atoms with Crippen LogP contribution in [0.2, 0.25) is 10.0 Å². The Morgan fingerprint density at radius 3 is 2.33 bits per heavy atom. The van der Waals surface area contributed by atoms with Gasteiger partial charge >= 0.3 is 5.97 Å². The van der Waals surface area contributed by atoms with Crippen LogP contribution in [0.4, 0.5) is 0 Å². The summed E-state index contributed by atoms with van der Waals surface area (Å²) in [5.74, 6) is 0.0928. The van der Waals surface area contributed by atoms with Crippen molar-refractivity contribution in [1.82, 2.24) is 0 Å². The number of hydrogen-bond donors (Lipinski definition) is 1. The number of benzene rings is 2. The second-order valence-corrected chi connectivity index (χ2v) is 4.86. The molecule has 0 saturated carbocycles. The van der Waals surface area contributed by atoms with E-state index in [-0.39, 0.29) is 5.56 Å². The first-order chi connectivity index (χ1) is 10.1. The molecule has 0 bridgehead atoms. The summed E-state index contributed by atoms with van der Waals surface area (Å²) in [4.78, 5) is 10.7. The standard InChI is InChI=1S/C15H12Cl2O4/c16-12-2-1-3-13(14(12)17)21-9-8-20-11-6-4-10(5-7-11)15(18)19/h1-7H,8-9H2,(H,18,19). The number of halogens is 2. The molecule has 0 saturated heterocycles. The van der Waals surface area contributed by atoms with Crippen molar-refractivity contribution in [3.05, 3.63) is 58.1 Å². The van der Waals surface area contributed by atoms with Gasteiger partial charge in [0.2, 0.25) is 0 Å². The van der Waals surface area contributed by atoms with E-state index >= 15 is 0 Å². The highest BCUT2D eigenvalue weighted by Crippen LogP contribution is 2.31. The largest absolute Gasteiger partial charge is 0.490 e. The van der Waals surface area contributed by atoms with Gasteiger partial charge in [0.05, 0.1) is 10.6 Å². The monoisotopic (exact) mass is 326 g/mol. The SMILES string of the molecule is O=C(O)c1ccc(OCCOc2cccc(Cl)c2Cl)cc1. The Morgan fingerprint density at radius 1 is 1.00 bits per heavy atom. The van der Waals surface area contributed by atoms with Crippen molar-refractivity contribution in [2.45, 2.75) is 0 Å². The number of carbonyl (C=O) groups is 1. The van der Waals surface area contributed by atoms with Crippen LogP contribution in [-0.4, -0.2) is 24.3 Å². The molecule has 0 unspecified atom stereocenters. The summed E-state index contributed by atoms with van der Waals surface area (Å²) in [6.45, 7) is 0.593. The first-order valence-electron chi connectivity index (χ1n) is 6.11. The van der Waals surface area contributed by atoms with Crippen molar-refractivity contribution in [3.63, 3.8) is 0 Å². The van der Waals surface area contributed by atoms with Crippen molar-refractivity contribution in [1.29, 1.82) is 0 Å². The Hall–Kier alpha value is -1.91. The summed E-state index contributed by atoms with van der Waals surface area (Å²) in [6, 6.07) is 11.3. The lowest BCUT2D eigenvalue weighted by molar-refractivity contribution is 0.0697. The number of carboxylic acids is 1. The van der Waals surface area contributed by atoms with E-state index in [4.69, 9.17) is 37.8 Å². The van der Waals surface area contributed by atoms with E-state index in [9.17, 15) is 4.79 Å². The van der Waals surface area contributed by atoms with E-state index in [0.29, 0.717) is 34.8 Å². The number of hydrogen-bond acceptors (Lipinski definition) is 3. The van der Waals surface area contributed by atoms with Crippen molar-refractivity contribution < 1.29 is 19.4 Å². The normalized spacial score (nSPS) is 10.2. The van der Waals surface area contributed by atoms with E-state index in [1.807, 2.05) is 0 Å². The molecule has 1 N–H and O–H groups in total. The van der Waals surface area contributed by atoms with Crippen molar-refractivity contribution in [2.75, 3.05) is 13.2 Å². The van der Waals surface area contributed by atoms with Gasteiger partial charge in [-0.15, -0.1) is 0 Å². The predicted molar refractivity (Wildman–Crippen MR) is 80.9 cm³/mol. The third kappa shape index (κ3) is 4.28. The zero-order valence-corrected chi connectivity index (χ0v) is 12.4. The molecule has 0 atom stereocenters. The lowest BCUT2D eigenvalue weighted by Crippen LogP contribution is -2.09. The van der Waals surface area contributed by atoms with Crippen LogP contribution >= 0.6 is 23.2 Å². The zero-order chi connectivity index (χ0) is 15.2. The van der Waals surface area contributed by atoms with E-state index < -0.39 is 5.97 Å². The Bertz CT molecular complexity index is 626. The summed E-state index contributed by atoms with van der Waals surface area (Å²) < 4.78 is 10.9. The highest BCUT2D eigenvalue weighted by atomic mass is 35.5. The van der Waals surface area contributed by atoms with Gasteiger partial charge in [0.25, 0.3) is 0 Å². The van der Waals surface area contributed by atoms with Crippen LogP contribution in [0.3, 0.4) is 0 Å². The molecule has 2 aromatic carbocycles. The molecule has 110 valence electrons. The lowest BCUT2D eigenvalue weighted by Gasteiger charge is -2.10. The number of carboxylic acid groups (broad SMARTS) is 1. The van der Waals surface area contributed by atoms with Crippen LogP contribution in [0, 0.1) is 0 Å². The fourth-order valence-corrected chi connectivity index (χ4v) is 1.95. The Labute approximate surface area is 131 Å². The summed E-state index contributed by atoms with van der Waals surface area (Å²) in [5, 5.41) is 9.58. The van der Waals surface area contributed by atoms with Crippen molar-refractivity contribution >= 4 is 29.2 Å². The minimum atomic E-state index is -0.972. The summed E-state index contributed by atoms with van der Waals surface area (Å²) in [6.07, 6.45) is 0. The van der Waals surface area contributed by atoms with Crippen LogP contribution in [-0.2, 0) is 0 Å². The van der Waals surface area contributed by atoms with Gasteiger partial charge < -0.3 is 14.6 Å². The first-order valence-corrected chi connectivity index (χ1v) is 6.86. The highest BCUT2D eigenvalue weighted by Gasteiger charge is 2.05. The zero-order valence-electron chi connectivity index (χ0n) is 10.9. The van der Waals surface area contributed by atoms with Crippen LogP contribution in [0.25, 0.3) is 0 Å². The van der Waals surface area contributed by atoms with Crippen molar-refractivity contribution in [2.24, 2.45) is 0 Å². The summed E-state index contributed by atoms with van der Waals surface area (Å²) in [5.41, 5.74) is 0.212. The number of rotatable bonds is 6.